The molecule has 0 bridgehead atoms. The van der Waals surface area contributed by atoms with E-state index >= 15 is 0 Å². The molecule has 0 atom stereocenters. The van der Waals surface area contributed by atoms with Crippen molar-refractivity contribution in [2.75, 3.05) is 5.32 Å². The van der Waals surface area contributed by atoms with Gasteiger partial charge in [-0.2, -0.15) is 0 Å². The van der Waals surface area contributed by atoms with Crippen molar-refractivity contribution in [2.45, 2.75) is 6.92 Å². The third-order valence-electron chi connectivity index (χ3n) is 3.19. The molecule has 1 N–H and O–H groups in total. The Bertz CT molecular complexity index is 1030. The van der Waals surface area contributed by atoms with Crippen LogP contribution in [0.3, 0.4) is 0 Å². The second kappa shape index (κ2) is 5.84. The normalized spacial score (nSPS) is 11.7. The Kier molecular flexibility index (Phi) is 3.68. The van der Waals surface area contributed by atoms with E-state index in [0.29, 0.717) is 5.13 Å². The Labute approximate surface area is 144 Å². The van der Waals surface area contributed by atoms with Crippen molar-refractivity contribution in [2.24, 2.45) is 0 Å². The van der Waals surface area contributed by atoms with Crippen molar-refractivity contribution in [1.29, 1.82) is 0 Å². The van der Waals surface area contributed by atoms with Crippen molar-refractivity contribution in [3.8, 4) is 0 Å². The van der Waals surface area contributed by atoms with Crippen molar-refractivity contribution in [3.63, 3.8) is 0 Å². The van der Waals surface area contributed by atoms with E-state index in [2.05, 4.69) is 15.3 Å². The van der Waals surface area contributed by atoms with Crippen molar-refractivity contribution in [3.05, 3.63) is 45.6 Å². The van der Waals surface area contributed by atoms with Gasteiger partial charge < -0.3 is 0 Å². The monoisotopic (exact) mass is 357 g/mol. The number of thiophene rings is 1. The predicted molar refractivity (Wildman–Crippen MR) is 99.5 cm³/mol. The second-order valence-electron chi connectivity index (χ2n) is 4.85. The molecule has 1 amide bonds. The number of carbonyl (C=O) groups is 1. The zero-order chi connectivity index (χ0) is 15.8. The minimum absolute atomic E-state index is 0.178. The van der Waals surface area contributed by atoms with Gasteiger partial charge in [0.15, 0.2) is 5.13 Å². The molecule has 4 rings (SSSR count). The van der Waals surface area contributed by atoms with Gasteiger partial charge >= 0.3 is 0 Å². The summed E-state index contributed by atoms with van der Waals surface area (Å²) in [5.74, 6) is -0.178. The maximum atomic E-state index is 12.0. The lowest BCUT2D eigenvalue weighted by Crippen LogP contribution is -2.06. The van der Waals surface area contributed by atoms with E-state index in [0.717, 1.165) is 30.3 Å². The lowest BCUT2D eigenvalue weighted by Gasteiger charge is -1.94. The van der Waals surface area contributed by atoms with Crippen LogP contribution < -0.4 is 5.32 Å². The molecule has 0 spiro atoms. The van der Waals surface area contributed by atoms with Crippen LogP contribution in [-0.2, 0) is 4.79 Å². The summed E-state index contributed by atoms with van der Waals surface area (Å²) >= 11 is 4.72. The topological polar surface area (TPSA) is 54.9 Å². The number of rotatable bonds is 3. The highest BCUT2D eigenvalue weighted by Gasteiger charge is 2.11. The zero-order valence-electron chi connectivity index (χ0n) is 12.1. The van der Waals surface area contributed by atoms with E-state index in [-0.39, 0.29) is 5.91 Å². The maximum Gasteiger partial charge on any atom is 0.250 e. The molecule has 0 radical (unpaired) electrons. The third kappa shape index (κ3) is 2.90. The second-order valence-corrected chi connectivity index (χ2v) is 8.06. The highest BCUT2D eigenvalue weighted by Crippen LogP contribution is 2.34. The first-order valence-corrected chi connectivity index (χ1v) is 9.39. The molecular formula is C16H11N3OS3. The van der Waals surface area contributed by atoms with Gasteiger partial charge in [0.2, 0.25) is 5.91 Å². The Balaban J connectivity index is 1.61. The van der Waals surface area contributed by atoms with Crippen molar-refractivity contribution >= 4 is 71.6 Å². The summed E-state index contributed by atoms with van der Waals surface area (Å²) < 4.78 is 2.17. The number of nitrogens with zero attached hydrogens (tertiary/aromatic N) is 2. The van der Waals surface area contributed by atoms with Crippen LogP contribution in [0.15, 0.2) is 35.7 Å². The predicted octanol–water partition coefficient (Wildman–Crippen LogP) is 4.93. The fourth-order valence-corrected chi connectivity index (χ4v) is 4.71. The first-order valence-electron chi connectivity index (χ1n) is 6.88. The summed E-state index contributed by atoms with van der Waals surface area (Å²) in [6.07, 6.45) is 3.33. The number of amides is 1. The standard InChI is InChI=1S/C16H11N3OS3/c1-9-17-14-12(22-9)6-5-11-15(14)23-16(18-11)19-13(20)7-4-10-3-2-8-21-10/h2-8H,1H3,(H,18,19,20). The Morgan fingerprint density at radius 1 is 1.22 bits per heavy atom. The number of hydrogen-bond donors (Lipinski definition) is 1. The molecular weight excluding hydrogens is 346 g/mol. The van der Waals surface area contributed by atoms with E-state index < -0.39 is 0 Å². The summed E-state index contributed by atoms with van der Waals surface area (Å²) in [4.78, 5) is 22.1. The van der Waals surface area contributed by atoms with Crippen molar-refractivity contribution in [1.82, 2.24) is 9.97 Å². The smallest absolute Gasteiger partial charge is 0.250 e. The van der Waals surface area contributed by atoms with E-state index in [9.17, 15) is 4.79 Å². The number of benzene rings is 1. The molecule has 4 aromatic rings. The molecule has 0 unspecified atom stereocenters. The lowest BCUT2D eigenvalue weighted by molar-refractivity contribution is -0.111. The first kappa shape index (κ1) is 14.5. The van der Waals surface area contributed by atoms with Gasteiger partial charge in [-0.3, -0.25) is 10.1 Å². The Morgan fingerprint density at radius 2 is 2.13 bits per heavy atom. The van der Waals surface area contributed by atoms with Crippen LogP contribution >= 0.6 is 34.0 Å². The van der Waals surface area contributed by atoms with Gasteiger partial charge in [-0.25, -0.2) is 9.97 Å². The number of carbonyl (C=O) groups excluding carboxylic acids is 1. The minimum Gasteiger partial charge on any atom is -0.298 e. The van der Waals surface area contributed by atoms with Gasteiger partial charge in [0.05, 0.1) is 19.9 Å². The van der Waals surface area contributed by atoms with Crippen LogP contribution in [0.1, 0.15) is 9.88 Å². The maximum absolute atomic E-state index is 12.0. The van der Waals surface area contributed by atoms with Crippen LogP contribution in [0.25, 0.3) is 26.5 Å². The number of thiazole rings is 2. The number of aromatic nitrogens is 2. The molecule has 0 aliphatic heterocycles. The lowest BCUT2D eigenvalue weighted by atomic mass is 10.3. The molecule has 0 aliphatic rings. The van der Waals surface area contributed by atoms with Gasteiger partial charge in [-0.05, 0) is 36.6 Å². The van der Waals surface area contributed by atoms with Crippen LogP contribution in [0.4, 0.5) is 5.13 Å². The van der Waals surface area contributed by atoms with Gasteiger partial charge in [-0.15, -0.1) is 22.7 Å². The van der Waals surface area contributed by atoms with Gasteiger partial charge in [0, 0.05) is 11.0 Å². The largest absolute Gasteiger partial charge is 0.298 e. The first-order chi connectivity index (χ1) is 11.2. The van der Waals surface area contributed by atoms with Gasteiger partial charge in [0.25, 0.3) is 0 Å². The molecule has 114 valence electrons. The highest BCUT2D eigenvalue weighted by molar-refractivity contribution is 7.24. The highest BCUT2D eigenvalue weighted by atomic mass is 32.1. The molecule has 1 aromatic carbocycles. The number of fused-ring (bicyclic) bond motifs is 3. The minimum atomic E-state index is -0.178. The zero-order valence-corrected chi connectivity index (χ0v) is 14.5. The quantitative estimate of drug-likeness (QED) is 0.529. The van der Waals surface area contributed by atoms with Crippen LogP contribution in [0.5, 0.6) is 0 Å². The molecule has 0 saturated carbocycles. The van der Waals surface area contributed by atoms with Gasteiger partial charge in [0.1, 0.15) is 5.52 Å². The third-order valence-corrected chi connectivity index (χ3v) is 5.96. The van der Waals surface area contributed by atoms with Gasteiger partial charge in [-0.1, -0.05) is 17.4 Å². The average Bonchev–Trinajstić information content (AvgIpc) is 3.22. The molecule has 0 fully saturated rings. The van der Waals surface area contributed by atoms with E-state index in [1.807, 2.05) is 36.6 Å². The van der Waals surface area contributed by atoms with E-state index in [1.165, 1.54) is 17.4 Å². The molecule has 7 heteroatoms. The van der Waals surface area contributed by atoms with E-state index in [1.54, 1.807) is 28.7 Å². The SMILES string of the molecule is Cc1nc2c(ccc3nc(NC(=O)C=Cc4cccs4)sc32)s1. The number of nitrogens with one attached hydrogen (secondary N) is 1. The fourth-order valence-electron chi connectivity index (χ4n) is 2.23. The average molecular weight is 357 g/mol. The summed E-state index contributed by atoms with van der Waals surface area (Å²) in [7, 11) is 0. The Hall–Kier alpha value is -2.09. The fraction of sp³-hybridized carbons (Fsp3) is 0.0625. The van der Waals surface area contributed by atoms with Crippen LogP contribution in [0, 0.1) is 6.92 Å². The summed E-state index contributed by atoms with van der Waals surface area (Å²) in [6, 6.07) is 7.93. The summed E-state index contributed by atoms with van der Waals surface area (Å²) in [5, 5.41) is 6.43. The van der Waals surface area contributed by atoms with Crippen molar-refractivity contribution < 1.29 is 4.79 Å². The molecule has 4 nitrogen and oxygen atoms in total. The number of anilines is 1. The molecule has 0 aliphatic carbocycles. The Morgan fingerprint density at radius 3 is 2.96 bits per heavy atom. The molecule has 0 saturated heterocycles. The molecule has 3 heterocycles. The number of aryl methyl sites for hydroxylation is 1. The molecule has 3 aromatic heterocycles. The number of hydrogen-bond acceptors (Lipinski definition) is 6. The summed E-state index contributed by atoms with van der Waals surface area (Å²) in [5.41, 5.74) is 1.84. The summed E-state index contributed by atoms with van der Waals surface area (Å²) in [6.45, 7) is 2.00. The van der Waals surface area contributed by atoms with Crippen LogP contribution in [-0.4, -0.2) is 15.9 Å². The molecule has 23 heavy (non-hydrogen) atoms. The van der Waals surface area contributed by atoms with E-state index in [4.69, 9.17) is 0 Å². The van der Waals surface area contributed by atoms with Crippen LogP contribution in [0.2, 0.25) is 0 Å².